The number of amides is 1. The largest absolute Gasteiger partial charge is 0.324 e. The van der Waals surface area contributed by atoms with Crippen molar-refractivity contribution in [3.05, 3.63) is 95.1 Å². The summed E-state index contributed by atoms with van der Waals surface area (Å²) in [5, 5.41) is 2.71. The minimum atomic E-state index is -3.68. The topological polar surface area (TPSA) is 83.6 Å². The van der Waals surface area contributed by atoms with E-state index in [0.717, 1.165) is 21.7 Å². The molecule has 0 unspecified atom stereocenters. The molecule has 0 aromatic heterocycles. The summed E-state index contributed by atoms with van der Waals surface area (Å²) < 4.78 is 25.7. The Bertz CT molecular complexity index is 1310. The fraction of sp³-hybridized carbons (Fsp3) is 0.259. The van der Waals surface area contributed by atoms with Gasteiger partial charge in [0.05, 0.1) is 11.9 Å². The lowest BCUT2D eigenvalue weighted by Gasteiger charge is -2.22. The van der Waals surface area contributed by atoms with Crippen molar-refractivity contribution in [2.24, 2.45) is 0 Å². The summed E-state index contributed by atoms with van der Waals surface area (Å²) in [6.45, 7) is 7.80. The van der Waals surface area contributed by atoms with Gasteiger partial charge in [0.15, 0.2) is 5.78 Å². The molecule has 34 heavy (non-hydrogen) atoms. The fourth-order valence-corrected chi connectivity index (χ4v) is 4.39. The number of carbonyl (C=O) groups is 2. The minimum Gasteiger partial charge on any atom is -0.324 e. The number of hydrogen-bond acceptors (Lipinski definition) is 4. The molecule has 6 nitrogen and oxygen atoms in total. The highest BCUT2D eigenvalue weighted by molar-refractivity contribution is 7.92. The first-order valence-corrected chi connectivity index (χ1v) is 12.8. The second-order valence-electron chi connectivity index (χ2n) is 9.39. The molecular weight excluding hydrogens is 448 g/mol. The molecule has 0 saturated carbocycles. The number of anilines is 2. The molecule has 1 amide bonds. The first kappa shape index (κ1) is 25.2. The number of nitrogens with one attached hydrogen (secondary N) is 1. The highest BCUT2D eigenvalue weighted by atomic mass is 32.2. The molecule has 0 aliphatic heterocycles. The van der Waals surface area contributed by atoms with Gasteiger partial charge < -0.3 is 5.32 Å². The molecule has 0 fully saturated rings. The third kappa shape index (κ3) is 6.32. The van der Waals surface area contributed by atoms with E-state index in [1.54, 1.807) is 54.6 Å². The monoisotopic (exact) mass is 478 g/mol. The number of benzene rings is 3. The number of ketones is 1. The third-order valence-electron chi connectivity index (χ3n) is 5.40. The van der Waals surface area contributed by atoms with Crippen LogP contribution in [-0.2, 0) is 20.2 Å². The van der Waals surface area contributed by atoms with E-state index in [2.05, 4.69) is 26.1 Å². The fourth-order valence-electron chi connectivity index (χ4n) is 3.54. The second-order valence-corrected chi connectivity index (χ2v) is 11.3. The van der Waals surface area contributed by atoms with Gasteiger partial charge in [0.25, 0.3) is 0 Å². The Morgan fingerprint density at radius 1 is 0.882 bits per heavy atom. The number of sulfonamides is 1. The van der Waals surface area contributed by atoms with Crippen molar-refractivity contribution in [2.45, 2.75) is 33.1 Å². The van der Waals surface area contributed by atoms with Crippen molar-refractivity contribution >= 4 is 33.1 Å². The molecule has 0 atom stereocenters. The van der Waals surface area contributed by atoms with Gasteiger partial charge in [-0.25, -0.2) is 8.42 Å². The lowest BCUT2D eigenvalue weighted by atomic mass is 9.86. The van der Waals surface area contributed by atoms with Crippen LogP contribution in [0.3, 0.4) is 0 Å². The van der Waals surface area contributed by atoms with Crippen LogP contribution in [0.15, 0.2) is 72.8 Å². The molecule has 178 valence electrons. The maximum atomic E-state index is 13.0. The molecule has 3 aromatic carbocycles. The van der Waals surface area contributed by atoms with Crippen LogP contribution >= 0.6 is 0 Å². The van der Waals surface area contributed by atoms with Crippen LogP contribution in [0.2, 0.25) is 0 Å². The van der Waals surface area contributed by atoms with Crippen molar-refractivity contribution in [3.63, 3.8) is 0 Å². The van der Waals surface area contributed by atoms with Gasteiger partial charge in [0, 0.05) is 16.8 Å². The summed E-state index contributed by atoms with van der Waals surface area (Å²) >= 11 is 0. The van der Waals surface area contributed by atoms with Gasteiger partial charge >= 0.3 is 0 Å². The summed E-state index contributed by atoms with van der Waals surface area (Å²) in [6, 6.07) is 21.1. The maximum Gasteiger partial charge on any atom is 0.245 e. The van der Waals surface area contributed by atoms with Crippen LogP contribution in [0.5, 0.6) is 0 Å². The van der Waals surface area contributed by atoms with E-state index < -0.39 is 15.9 Å². The Morgan fingerprint density at radius 2 is 1.53 bits per heavy atom. The van der Waals surface area contributed by atoms with Crippen LogP contribution < -0.4 is 9.62 Å². The van der Waals surface area contributed by atoms with Crippen molar-refractivity contribution in [2.75, 3.05) is 22.4 Å². The smallest absolute Gasteiger partial charge is 0.245 e. The summed E-state index contributed by atoms with van der Waals surface area (Å²) in [7, 11) is -3.68. The highest BCUT2D eigenvalue weighted by Gasteiger charge is 2.21. The van der Waals surface area contributed by atoms with Crippen LogP contribution in [0.1, 0.15) is 47.8 Å². The van der Waals surface area contributed by atoms with Crippen LogP contribution in [0.4, 0.5) is 11.4 Å². The standard InChI is InChI=1S/C27H30N2O4S/c1-19-8-6-11-24(16-19)29(34(5,32)33)18-25(30)28-23-10-7-9-21(17-23)26(31)20-12-14-22(15-13-20)27(2,3)4/h6-17H,18H2,1-5H3,(H,28,30). The number of aryl methyl sites for hydroxylation is 1. The van der Waals surface area contributed by atoms with Crippen molar-refractivity contribution in [1.82, 2.24) is 0 Å². The molecule has 0 aliphatic carbocycles. The van der Waals surface area contributed by atoms with Crippen LogP contribution in [-0.4, -0.2) is 32.9 Å². The number of rotatable bonds is 7. The SMILES string of the molecule is Cc1cccc(N(CC(=O)Nc2cccc(C(=O)c3ccc(C(C)(C)C)cc3)c2)S(C)(=O)=O)c1. The quantitative estimate of drug-likeness (QED) is 0.488. The summed E-state index contributed by atoms with van der Waals surface area (Å²) in [6.07, 6.45) is 1.06. The Morgan fingerprint density at radius 3 is 2.12 bits per heavy atom. The van der Waals surface area contributed by atoms with Gasteiger partial charge in [0.2, 0.25) is 15.9 Å². The number of nitrogens with zero attached hydrogens (tertiary/aromatic N) is 1. The average molecular weight is 479 g/mol. The molecule has 3 aromatic rings. The average Bonchev–Trinajstić information content (AvgIpc) is 2.76. The molecule has 0 spiro atoms. The molecule has 0 bridgehead atoms. The molecule has 1 N–H and O–H groups in total. The molecule has 7 heteroatoms. The molecular formula is C27H30N2O4S. The molecule has 3 rings (SSSR count). The Labute approximate surface area is 201 Å². The Balaban J connectivity index is 1.76. The van der Waals surface area contributed by atoms with Crippen LogP contribution in [0, 0.1) is 6.92 Å². The van der Waals surface area contributed by atoms with E-state index >= 15 is 0 Å². The van der Waals surface area contributed by atoms with Gasteiger partial charge in [0.1, 0.15) is 6.54 Å². The summed E-state index contributed by atoms with van der Waals surface area (Å²) in [4.78, 5) is 25.7. The third-order valence-corrected chi connectivity index (χ3v) is 6.54. The normalized spacial score (nSPS) is 11.7. The first-order valence-electron chi connectivity index (χ1n) is 10.9. The van der Waals surface area contributed by atoms with E-state index in [4.69, 9.17) is 0 Å². The van der Waals surface area contributed by atoms with E-state index in [1.807, 2.05) is 25.1 Å². The number of carbonyl (C=O) groups excluding carboxylic acids is 2. The number of hydrogen-bond donors (Lipinski definition) is 1. The van der Waals surface area contributed by atoms with Crippen molar-refractivity contribution in [3.8, 4) is 0 Å². The predicted octanol–water partition coefficient (Wildman–Crippen LogP) is 4.93. The molecule has 0 radical (unpaired) electrons. The van der Waals surface area contributed by atoms with Gasteiger partial charge in [-0.05, 0) is 47.7 Å². The van der Waals surface area contributed by atoms with Crippen molar-refractivity contribution < 1.29 is 18.0 Å². The van der Waals surface area contributed by atoms with Gasteiger partial charge in [-0.2, -0.15) is 0 Å². The minimum absolute atomic E-state index is 0.00985. The van der Waals surface area contributed by atoms with Gasteiger partial charge in [-0.3, -0.25) is 13.9 Å². The van der Waals surface area contributed by atoms with Crippen molar-refractivity contribution in [1.29, 1.82) is 0 Å². The van der Waals surface area contributed by atoms with Gasteiger partial charge in [-0.1, -0.05) is 69.3 Å². The molecule has 0 aliphatic rings. The Hall–Kier alpha value is -3.45. The summed E-state index contributed by atoms with van der Waals surface area (Å²) in [5.41, 5.74) is 3.83. The zero-order chi connectivity index (χ0) is 25.1. The van der Waals surface area contributed by atoms with Crippen LogP contribution in [0.25, 0.3) is 0 Å². The van der Waals surface area contributed by atoms with E-state index in [0.29, 0.717) is 22.5 Å². The molecule has 0 saturated heterocycles. The van der Waals surface area contributed by atoms with E-state index in [-0.39, 0.29) is 17.7 Å². The lowest BCUT2D eigenvalue weighted by Crippen LogP contribution is -2.37. The first-order chi connectivity index (χ1) is 15.8. The zero-order valence-corrected chi connectivity index (χ0v) is 20.9. The second kappa shape index (κ2) is 9.81. The van der Waals surface area contributed by atoms with E-state index in [1.165, 1.54) is 0 Å². The maximum absolute atomic E-state index is 13.0. The van der Waals surface area contributed by atoms with E-state index in [9.17, 15) is 18.0 Å². The van der Waals surface area contributed by atoms with Gasteiger partial charge in [-0.15, -0.1) is 0 Å². The zero-order valence-electron chi connectivity index (χ0n) is 20.1. The lowest BCUT2D eigenvalue weighted by molar-refractivity contribution is -0.114. The molecule has 0 heterocycles. The predicted molar refractivity (Wildman–Crippen MR) is 137 cm³/mol. The highest BCUT2D eigenvalue weighted by Crippen LogP contribution is 2.24. The Kier molecular flexibility index (Phi) is 7.26. The summed E-state index contributed by atoms with van der Waals surface area (Å²) in [5.74, 6) is -0.667.